The van der Waals surface area contributed by atoms with Gasteiger partial charge < -0.3 is 10.2 Å². The van der Waals surface area contributed by atoms with E-state index in [0.29, 0.717) is 5.56 Å². The fourth-order valence-corrected chi connectivity index (χ4v) is 2.59. The van der Waals surface area contributed by atoms with Crippen LogP contribution in [0.25, 0.3) is 0 Å². The molecule has 0 aliphatic rings. The van der Waals surface area contributed by atoms with Gasteiger partial charge in [0.05, 0.1) is 6.54 Å². The van der Waals surface area contributed by atoms with Gasteiger partial charge in [-0.25, -0.2) is 0 Å². The molecule has 2 rings (SSSR count). The first-order valence-corrected chi connectivity index (χ1v) is 8.04. The Hall–Kier alpha value is -2.14. The Bertz CT molecular complexity index is 744. The average molecular weight is 375 g/mol. The maximum Gasteiger partial charge on any atom is 0.254 e. The van der Waals surface area contributed by atoms with Gasteiger partial charge >= 0.3 is 0 Å². The molecule has 0 bridgehead atoms. The molecule has 1 N–H and O–H groups in total. The smallest absolute Gasteiger partial charge is 0.254 e. The minimum atomic E-state index is -0.218. The zero-order chi connectivity index (χ0) is 17.0. The molecule has 0 unspecified atom stereocenters. The summed E-state index contributed by atoms with van der Waals surface area (Å²) in [5.41, 5.74) is 3.38. The Morgan fingerprint density at radius 2 is 1.87 bits per heavy atom. The Balaban J connectivity index is 2.02. The molecular weight excluding hydrogens is 356 g/mol. The van der Waals surface area contributed by atoms with E-state index in [1.54, 1.807) is 25.2 Å². The van der Waals surface area contributed by atoms with Crippen LogP contribution in [0.5, 0.6) is 0 Å². The molecule has 0 atom stereocenters. The van der Waals surface area contributed by atoms with Crippen LogP contribution in [0.15, 0.2) is 46.9 Å². The lowest BCUT2D eigenvalue weighted by Gasteiger charge is -2.17. The topological polar surface area (TPSA) is 49.4 Å². The van der Waals surface area contributed by atoms with Crippen molar-refractivity contribution < 1.29 is 9.59 Å². The maximum absolute atomic E-state index is 12.3. The van der Waals surface area contributed by atoms with E-state index in [2.05, 4.69) is 21.2 Å². The van der Waals surface area contributed by atoms with E-state index in [1.807, 2.05) is 38.1 Å². The highest BCUT2D eigenvalue weighted by Crippen LogP contribution is 2.16. The van der Waals surface area contributed by atoms with Crippen molar-refractivity contribution >= 4 is 33.4 Å². The Morgan fingerprint density at radius 3 is 2.57 bits per heavy atom. The van der Waals surface area contributed by atoms with E-state index in [1.165, 1.54) is 4.90 Å². The van der Waals surface area contributed by atoms with Crippen molar-refractivity contribution in [2.45, 2.75) is 13.8 Å². The van der Waals surface area contributed by atoms with E-state index in [-0.39, 0.29) is 18.4 Å². The van der Waals surface area contributed by atoms with Gasteiger partial charge in [0.1, 0.15) is 0 Å². The number of anilines is 1. The SMILES string of the molecule is Cc1ccc(C)c(NC(=O)CN(C)C(=O)c2cccc(Br)c2)c1. The highest BCUT2D eigenvalue weighted by molar-refractivity contribution is 9.10. The summed E-state index contributed by atoms with van der Waals surface area (Å²) in [5.74, 6) is -0.410. The third-order valence-corrected chi connectivity index (χ3v) is 3.96. The third kappa shape index (κ3) is 4.66. The van der Waals surface area contributed by atoms with Crippen LogP contribution in [0, 0.1) is 13.8 Å². The first-order chi connectivity index (χ1) is 10.9. The van der Waals surface area contributed by atoms with E-state index >= 15 is 0 Å². The number of carbonyl (C=O) groups excluding carboxylic acids is 2. The molecule has 4 nitrogen and oxygen atoms in total. The minimum Gasteiger partial charge on any atom is -0.332 e. The number of hydrogen-bond donors (Lipinski definition) is 1. The largest absolute Gasteiger partial charge is 0.332 e. The monoisotopic (exact) mass is 374 g/mol. The number of rotatable bonds is 4. The van der Waals surface area contributed by atoms with Crippen LogP contribution in [0.1, 0.15) is 21.5 Å². The van der Waals surface area contributed by atoms with Gasteiger partial charge in [0.15, 0.2) is 0 Å². The van der Waals surface area contributed by atoms with Crippen molar-refractivity contribution in [3.05, 3.63) is 63.6 Å². The fraction of sp³-hybridized carbons (Fsp3) is 0.222. The molecule has 0 saturated carbocycles. The van der Waals surface area contributed by atoms with Crippen LogP contribution in [-0.4, -0.2) is 30.3 Å². The lowest BCUT2D eigenvalue weighted by molar-refractivity contribution is -0.116. The quantitative estimate of drug-likeness (QED) is 0.884. The normalized spacial score (nSPS) is 10.3. The van der Waals surface area contributed by atoms with Crippen LogP contribution in [0.3, 0.4) is 0 Å². The molecule has 2 amide bonds. The maximum atomic E-state index is 12.3. The molecule has 120 valence electrons. The van der Waals surface area contributed by atoms with E-state index < -0.39 is 0 Å². The summed E-state index contributed by atoms with van der Waals surface area (Å²) in [6, 6.07) is 13.0. The number of nitrogens with one attached hydrogen (secondary N) is 1. The van der Waals surface area contributed by atoms with Gasteiger partial charge in [0, 0.05) is 22.8 Å². The van der Waals surface area contributed by atoms with Crippen LogP contribution >= 0.6 is 15.9 Å². The van der Waals surface area contributed by atoms with Crippen molar-refractivity contribution in [3.8, 4) is 0 Å². The molecule has 0 fully saturated rings. The van der Waals surface area contributed by atoms with Gasteiger partial charge in [-0.15, -0.1) is 0 Å². The summed E-state index contributed by atoms with van der Waals surface area (Å²) >= 11 is 3.34. The van der Waals surface area contributed by atoms with Gasteiger partial charge in [-0.3, -0.25) is 9.59 Å². The zero-order valence-electron chi connectivity index (χ0n) is 13.4. The number of benzene rings is 2. The Morgan fingerprint density at radius 1 is 1.13 bits per heavy atom. The molecule has 0 radical (unpaired) electrons. The lowest BCUT2D eigenvalue weighted by Crippen LogP contribution is -2.35. The fourth-order valence-electron chi connectivity index (χ4n) is 2.19. The number of carbonyl (C=O) groups is 2. The average Bonchev–Trinajstić information content (AvgIpc) is 2.50. The lowest BCUT2D eigenvalue weighted by atomic mass is 10.1. The van der Waals surface area contributed by atoms with Crippen molar-refractivity contribution in [3.63, 3.8) is 0 Å². The number of halogens is 1. The summed E-state index contributed by atoms with van der Waals surface area (Å²) in [6.45, 7) is 3.90. The highest BCUT2D eigenvalue weighted by atomic mass is 79.9. The first kappa shape index (κ1) is 17.2. The second-order valence-electron chi connectivity index (χ2n) is 5.54. The van der Waals surface area contributed by atoms with Gasteiger partial charge in [-0.2, -0.15) is 0 Å². The van der Waals surface area contributed by atoms with Crippen LogP contribution in [-0.2, 0) is 4.79 Å². The van der Waals surface area contributed by atoms with Gasteiger partial charge in [0.2, 0.25) is 5.91 Å². The molecular formula is C18H19BrN2O2. The minimum absolute atomic E-state index is 0.00126. The number of amides is 2. The number of likely N-dealkylation sites (N-methyl/N-ethyl adjacent to an activating group) is 1. The van der Waals surface area contributed by atoms with Gasteiger partial charge in [-0.05, 0) is 49.2 Å². The molecule has 5 heteroatoms. The molecule has 2 aromatic rings. The van der Waals surface area contributed by atoms with E-state index in [4.69, 9.17) is 0 Å². The number of nitrogens with zero attached hydrogens (tertiary/aromatic N) is 1. The highest BCUT2D eigenvalue weighted by Gasteiger charge is 2.15. The predicted octanol–water partition coefficient (Wildman–Crippen LogP) is 3.78. The summed E-state index contributed by atoms with van der Waals surface area (Å²) < 4.78 is 0.830. The Kier molecular flexibility index (Phi) is 5.55. The van der Waals surface area contributed by atoms with Crippen molar-refractivity contribution in [1.29, 1.82) is 0 Å². The van der Waals surface area contributed by atoms with Crippen LogP contribution < -0.4 is 5.32 Å². The molecule has 0 spiro atoms. The summed E-state index contributed by atoms with van der Waals surface area (Å²) in [5, 5.41) is 2.86. The van der Waals surface area contributed by atoms with Gasteiger partial charge in [-0.1, -0.05) is 34.1 Å². The number of hydrogen-bond acceptors (Lipinski definition) is 2. The van der Waals surface area contributed by atoms with Crippen molar-refractivity contribution in [2.24, 2.45) is 0 Å². The molecule has 2 aromatic carbocycles. The second kappa shape index (κ2) is 7.42. The third-order valence-electron chi connectivity index (χ3n) is 3.47. The zero-order valence-corrected chi connectivity index (χ0v) is 15.0. The molecule has 0 heterocycles. The van der Waals surface area contributed by atoms with E-state index in [0.717, 1.165) is 21.3 Å². The summed E-state index contributed by atoms with van der Waals surface area (Å²) in [6.07, 6.45) is 0. The molecule has 0 aliphatic heterocycles. The summed E-state index contributed by atoms with van der Waals surface area (Å²) in [4.78, 5) is 25.9. The number of aryl methyl sites for hydroxylation is 2. The Labute approximate surface area is 144 Å². The summed E-state index contributed by atoms with van der Waals surface area (Å²) in [7, 11) is 1.62. The molecule has 0 saturated heterocycles. The van der Waals surface area contributed by atoms with E-state index in [9.17, 15) is 9.59 Å². The molecule has 0 aromatic heterocycles. The predicted molar refractivity (Wildman–Crippen MR) is 95.6 cm³/mol. The van der Waals surface area contributed by atoms with Crippen molar-refractivity contribution in [2.75, 3.05) is 18.9 Å². The molecule has 23 heavy (non-hydrogen) atoms. The van der Waals surface area contributed by atoms with Crippen molar-refractivity contribution in [1.82, 2.24) is 4.90 Å². The second-order valence-corrected chi connectivity index (χ2v) is 6.45. The van der Waals surface area contributed by atoms with Gasteiger partial charge in [0.25, 0.3) is 5.91 Å². The standard InChI is InChI=1S/C18H19BrN2O2/c1-12-7-8-13(2)16(9-12)20-17(22)11-21(3)18(23)14-5-4-6-15(19)10-14/h4-10H,11H2,1-3H3,(H,20,22). The van der Waals surface area contributed by atoms with Crippen LogP contribution in [0.4, 0.5) is 5.69 Å². The molecule has 0 aliphatic carbocycles. The van der Waals surface area contributed by atoms with Crippen LogP contribution in [0.2, 0.25) is 0 Å². The first-order valence-electron chi connectivity index (χ1n) is 7.25.